The summed E-state index contributed by atoms with van der Waals surface area (Å²) in [6.07, 6.45) is 3.04. The van der Waals surface area contributed by atoms with Gasteiger partial charge in [-0.25, -0.2) is 0 Å². The van der Waals surface area contributed by atoms with Crippen LogP contribution < -0.4 is 26.4 Å². The summed E-state index contributed by atoms with van der Waals surface area (Å²) in [4.78, 5) is 44.4. The van der Waals surface area contributed by atoms with Crippen LogP contribution in [0.2, 0.25) is 5.02 Å². The molecule has 0 aliphatic carbocycles. The monoisotopic (exact) mass is 534 g/mol. The summed E-state index contributed by atoms with van der Waals surface area (Å²) in [5.41, 5.74) is 0.766. The first-order valence-electron chi connectivity index (χ1n) is 12.1. The normalized spacial score (nSPS) is 14.2. The second kappa shape index (κ2) is 9.41. The fraction of sp³-hybridized carbons (Fsp3) is 0.286. The Morgan fingerprint density at radius 2 is 1.84 bits per heavy atom. The van der Waals surface area contributed by atoms with Gasteiger partial charge in [-0.05, 0) is 42.7 Å². The van der Waals surface area contributed by atoms with Crippen molar-refractivity contribution in [1.29, 1.82) is 0 Å². The van der Waals surface area contributed by atoms with E-state index in [1.54, 1.807) is 24.4 Å². The summed E-state index contributed by atoms with van der Waals surface area (Å²) in [6, 6.07) is 8.20. The van der Waals surface area contributed by atoms with Crippen LogP contribution in [0.1, 0.15) is 59.8 Å². The number of aromatic nitrogens is 1. The molecule has 3 N–H and O–H groups in total. The molecule has 0 radical (unpaired) electrons. The summed E-state index contributed by atoms with van der Waals surface area (Å²) in [5, 5.41) is 16.4. The van der Waals surface area contributed by atoms with Crippen LogP contribution in [0.4, 0.5) is 22.7 Å². The smallest absolute Gasteiger partial charge is 0.261 e. The molecule has 2 aromatic heterocycles. The molecule has 1 amide bonds. The molecule has 196 valence electrons. The van der Waals surface area contributed by atoms with Crippen molar-refractivity contribution < 1.29 is 14.3 Å². The molecule has 38 heavy (non-hydrogen) atoms. The lowest BCUT2D eigenvalue weighted by molar-refractivity contribution is 0.0997. The minimum absolute atomic E-state index is 0.0725. The number of hydrogen-bond acceptors (Lipinski definition) is 8. The number of nitrogens with zero attached hydrogens (tertiary/aromatic N) is 2. The summed E-state index contributed by atoms with van der Waals surface area (Å²) < 4.78 is 5.83. The zero-order valence-electron chi connectivity index (χ0n) is 21.4. The lowest BCUT2D eigenvalue weighted by atomic mass is 9.85. The highest BCUT2D eigenvalue weighted by Crippen LogP contribution is 2.41. The van der Waals surface area contributed by atoms with E-state index in [2.05, 4.69) is 15.6 Å². The molecule has 2 aromatic carbocycles. The van der Waals surface area contributed by atoms with Gasteiger partial charge in [0.1, 0.15) is 22.9 Å². The van der Waals surface area contributed by atoms with Gasteiger partial charge in [0.15, 0.2) is 0 Å². The number of aliphatic hydroxyl groups excluding tert-OH is 1. The molecule has 0 unspecified atom stereocenters. The third-order valence-electron chi connectivity index (χ3n) is 6.74. The number of aliphatic hydroxyl groups is 1. The van der Waals surface area contributed by atoms with Crippen molar-refractivity contribution in [3.63, 3.8) is 0 Å². The molecule has 0 saturated heterocycles. The lowest BCUT2D eigenvalue weighted by Gasteiger charge is -2.31. The van der Waals surface area contributed by atoms with Crippen molar-refractivity contribution in [1.82, 2.24) is 4.98 Å². The predicted octanol–water partition coefficient (Wildman–Crippen LogP) is 4.83. The molecular formula is C28H27ClN4O5. The largest absolute Gasteiger partial charge is 0.464 e. The summed E-state index contributed by atoms with van der Waals surface area (Å²) in [5.74, 6) is 1.03. The van der Waals surface area contributed by atoms with Crippen molar-refractivity contribution >= 4 is 40.3 Å². The second-order valence-corrected chi connectivity index (χ2v) is 10.8. The quantitative estimate of drug-likeness (QED) is 0.288. The van der Waals surface area contributed by atoms with Gasteiger partial charge in [0.25, 0.3) is 16.8 Å². The topological polar surface area (TPSA) is 125 Å². The van der Waals surface area contributed by atoms with E-state index < -0.39 is 16.9 Å². The number of carbonyl (C=O) groups is 1. The van der Waals surface area contributed by atoms with E-state index in [1.165, 1.54) is 11.1 Å². The van der Waals surface area contributed by atoms with Gasteiger partial charge in [0, 0.05) is 28.5 Å². The van der Waals surface area contributed by atoms with Crippen LogP contribution in [-0.2, 0) is 13.2 Å². The van der Waals surface area contributed by atoms with Gasteiger partial charge in [-0.15, -0.1) is 0 Å². The van der Waals surface area contributed by atoms with Gasteiger partial charge in [0.05, 0.1) is 36.1 Å². The Kier molecular flexibility index (Phi) is 6.36. The number of fused-ring (bicyclic) bond motifs is 1. The number of amides is 1. The van der Waals surface area contributed by atoms with E-state index >= 15 is 0 Å². The number of halogens is 1. The average molecular weight is 535 g/mol. The molecule has 0 bridgehead atoms. The molecule has 5 rings (SSSR count). The molecule has 3 heterocycles. The van der Waals surface area contributed by atoms with Gasteiger partial charge in [-0.1, -0.05) is 32.4 Å². The maximum Gasteiger partial charge on any atom is 0.261 e. The standard InChI is InChI=1S/C28H27ClN4O5/c1-14-5-8-20(38-14)26(28(2,3)4)32-23-22(24(35)25(23)36)31-18-7-6-17(29)16-12-33(27(37)21(16)18)19-9-10-30-11-15(19)13-34/h5-11,26,31-32,34H,12-13H2,1-4H3/t26-/m0/s1. The van der Waals surface area contributed by atoms with E-state index in [-0.39, 0.29) is 35.8 Å². The van der Waals surface area contributed by atoms with Gasteiger partial charge in [-0.2, -0.15) is 0 Å². The number of aryl methyl sites for hydroxylation is 1. The third-order valence-corrected chi connectivity index (χ3v) is 7.09. The van der Waals surface area contributed by atoms with E-state index in [4.69, 9.17) is 16.0 Å². The van der Waals surface area contributed by atoms with E-state index in [9.17, 15) is 19.5 Å². The number of nitrogens with one attached hydrogen (secondary N) is 2. The Morgan fingerprint density at radius 1 is 1.11 bits per heavy atom. The molecule has 9 nitrogen and oxygen atoms in total. The van der Waals surface area contributed by atoms with E-state index in [0.717, 1.165) is 5.76 Å². The first kappa shape index (κ1) is 25.7. The third kappa shape index (κ3) is 4.27. The van der Waals surface area contributed by atoms with Crippen molar-refractivity contribution in [2.24, 2.45) is 5.41 Å². The molecule has 4 aromatic rings. The number of pyridine rings is 1. The number of hydrogen-bond donors (Lipinski definition) is 3. The van der Waals surface area contributed by atoms with Gasteiger partial charge < -0.3 is 25.1 Å². The maximum absolute atomic E-state index is 13.6. The zero-order valence-corrected chi connectivity index (χ0v) is 22.1. The number of carbonyl (C=O) groups excluding carboxylic acids is 1. The molecule has 0 fully saturated rings. The Morgan fingerprint density at radius 3 is 2.50 bits per heavy atom. The van der Waals surface area contributed by atoms with Crippen LogP contribution in [-0.4, -0.2) is 16.0 Å². The summed E-state index contributed by atoms with van der Waals surface area (Å²) in [7, 11) is 0. The fourth-order valence-corrected chi connectivity index (χ4v) is 4.96. The highest BCUT2D eigenvalue weighted by atomic mass is 35.5. The van der Waals surface area contributed by atoms with Crippen molar-refractivity contribution in [2.75, 3.05) is 15.5 Å². The van der Waals surface area contributed by atoms with Crippen molar-refractivity contribution in [3.8, 4) is 0 Å². The van der Waals surface area contributed by atoms with Crippen LogP contribution in [0.3, 0.4) is 0 Å². The van der Waals surface area contributed by atoms with E-state index in [1.807, 2.05) is 39.8 Å². The summed E-state index contributed by atoms with van der Waals surface area (Å²) in [6.45, 7) is 7.73. The number of furan rings is 1. The Balaban J connectivity index is 1.50. The fourth-order valence-electron chi connectivity index (χ4n) is 4.74. The van der Waals surface area contributed by atoms with Crippen LogP contribution in [0.15, 0.2) is 56.7 Å². The molecular weight excluding hydrogens is 508 g/mol. The van der Waals surface area contributed by atoms with Gasteiger partial charge in [0.2, 0.25) is 0 Å². The molecule has 1 aliphatic heterocycles. The van der Waals surface area contributed by atoms with Crippen LogP contribution in [0.5, 0.6) is 0 Å². The molecule has 1 atom stereocenters. The minimum Gasteiger partial charge on any atom is -0.464 e. The number of anilines is 4. The van der Waals surface area contributed by atoms with E-state index in [0.29, 0.717) is 38.8 Å². The molecule has 1 aliphatic rings. The van der Waals surface area contributed by atoms with Crippen molar-refractivity contribution in [2.45, 2.75) is 46.9 Å². The minimum atomic E-state index is -0.682. The van der Waals surface area contributed by atoms with Gasteiger partial charge in [-0.3, -0.25) is 19.4 Å². The second-order valence-electron chi connectivity index (χ2n) is 10.4. The SMILES string of the molecule is Cc1ccc([C@H](Nc2c(Nc3ccc(Cl)c4c3C(=O)N(c3ccncc3CO)C4)c(=O)c2=O)C(C)(C)C)o1. The highest BCUT2D eigenvalue weighted by Gasteiger charge is 2.36. The van der Waals surface area contributed by atoms with Crippen molar-refractivity contribution in [3.05, 3.63) is 96.4 Å². The Hall–Kier alpha value is -3.95. The lowest BCUT2D eigenvalue weighted by Crippen LogP contribution is -2.39. The molecule has 10 heteroatoms. The first-order chi connectivity index (χ1) is 18.0. The van der Waals surface area contributed by atoms with Crippen LogP contribution >= 0.6 is 11.6 Å². The van der Waals surface area contributed by atoms with Crippen LogP contribution in [0.25, 0.3) is 0 Å². The zero-order chi connectivity index (χ0) is 27.4. The van der Waals surface area contributed by atoms with Crippen LogP contribution in [0, 0.1) is 12.3 Å². The summed E-state index contributed by atoms with van der Waals surface area (Å²) >= 11 is 6.46. The van der Waals surface area contributed by atoms with Gasteiger partial charge >= 0.3 is 0 Å². The Bertz CT molecular complexity index is 1630. The first-order valence-corrected chi connectivity index (χ1v) is 12.5. The number of benzene rings is 1. The maximum atomic E-state index is 13.6. The Labute approximate surface area is 223 Å². The molecule has 0 spiro atoms. The molecule has 0 saturated carbocycles. The number of rotatable bonds is 7. The predicted molar refractivity (Wildman–Crippen MR) is 146 cm³/mol. The highest BCUT2D eigenvalue weighted by molar-refractivity contribution is 6.33. The average Bonchev–Trinajstić information content (AvgIpc) is 3.47.